The molecule has 0 aromatic heterocycles. The highest BCUT2D eigenvalue weighted by atomic mass is 16.4. The van der Waals surface area contributed by atoms with Crippen molar-refractivity contribution >= 4 is 17.6 Å². The van der Waals surface area contributed by atoms with Crippen LogP contribution in [0.2, 0.25) is 0 Å². The number of hydrogen-bond acceptors (Lipinski definition) is 2. The number of rotatable bonds is 3. The molecule has 19 heavy (non-hydrogen) atoms. The van der Waals surface area contributed by atoms with Crippen LogP contribution in [-0.4, -0.2) is 17.0 Å². The molecule has 0 heterocycles. The third kappa shape index (κ3) is 3.34. The van der Waals surface area contributed by atoms with Gasteiger partial charge in [-0.1, -0.05) is 25.0 Å². The van der Waals surface area contributed by atoms with E-state index in [4.69, 9.17) is 0 Å². The topological polar surface area (TPSA) is 66.4 Å². The number of aryl methyl sites for hydroxylation is 1. The highest BCUT2D eigenvalue weighted by Gasteiger charge is 2.35. The molecule has 4 nitrogen and oxygen atoms in total. The zero-order chi connectivity index (χ0) is 13.8. The van der Waals surface area contributed by atoms with Gasteiger partial charge in [-0.05, 0) is 37.5 Å². The fourth-order valence-corrected chi connectivity index (χ4v) is 2.70. The minimum atomic E-state index is -0.857. The first-order valence-electron chi connectivity index (χ1n) is 6.68. The summed E-state index contributed by atoms with van der Waals surface area (Å²) in [4.78, 5) is 23.4. The second kappa shape index (κ2) is 5.87. The van der Waals surface area contributed by atoms with E-state index in [9.17, 15) is 14.7 Å². The van der Waals surface area contributed by atoms with Gasteiger partial charge in [0, 0.05) is 5.69 Å². The molecular formula is C15H19NO3. The van der Waals surface area contributed by atoms with Crippen molar-refractivity contribution in [3.63, 3.8) is 0 Å². The van der Waals surface area contributed by atoms with Crippen molar-refractivity contribution < 1.29 is 14.7 Å². The van der Waals surface area contributed by atoms with Gasteiger partial charge in [0.15, 0.2) is 0 Å². The van der Waals surface area contributed by atoms with Crippen molar-refractivity contribution in [1.82, 2.24) is 0 Å². The van der Waals surface area contributed by atoms with Gasteiger partial charge in [-0.2, -0.15) is 0 Å². The van der Waals surface area contributed by atoms with E-state index >= 15 is 0 Å². The van der Waals surface area contributed by atoms with Crippen LogP contribution in [0.15, 0.2) is 24.3 Å². The lowest BCUT2D eigenvalue weighted by Crippen LogP contribution is -2.36. The maximum Gasteiger partial charge on any atom is 0.307 e. The zero-order valence-corrected chi connectivity index (χ0v) is 11.1. The maximum atomic E-state index is 12.2. The summed E-state index contributed by atoms with van der Waals surface area (Å²) in [5.41, 5.74) is 1.80. The number of hydrogen-bond donors (Lipinski definition) is 2. The smallest absolute Gasteiger partial charge is 0.307 e. The standard InChI is InChI=1S/C15H19NO3/c1-10-5-4-6-11(9-10)16-14(17)12-7-2-3-8-13(12)15(18)19/h4-6,9,12-13H,2-3,7-8H2,1H3,(H,16,17)(H,18,19)/t12-,13+/m0/s1. The van der Waals surface area contributed by atoms with Crippen LogP contribution in [0, 0.1) is 18.8 Å². The Balaban J connectivity index is 2.07. The van der Waals surface area contributed by atoms with E-state index < -0.39 is 17.8 Å². The molecule has 1 saturated carbocycles. The monoisotopic (exact) mass is 261 g/mol. The van der Waals surface area contributed by atoms with E-state index in [0.29, 0.717) is 12.8 Å². The molecule has 2 rings (SSSR count). The first-order chi connectivity index (χ1) is 9.08. The molecular weight excluding hydrogens is 242 g/mol. The minimum absolute atomic E-state index is 0.169. The molecule has 2 N–H and O–H groups in total. The quantitative estimate of drug-likeness (QED) is 0.879. The van der Waals surface area contributed by atoms with Crippen LogP contribution in [0.3, 0.4) is 0 Å². The average Bonchev–Trinajstić information content (AvgIpc) is 2.38. The van der Waals surface area contributed by atoms with Crippen LogP contribution >= 0.6 is 0 Å². The van der Waals surface area contributed by atoms with Gasteiger partial charge in [0.1, 0.15) is 0 Å². The summed E-state index contributed by atoms with van der Waals surface area (Å²) < 4.78 is 0. The molecule has 1 aromatic carbocycles. The molecule has 1 amide bonds. The summed E-state index contributed by atoms with van der Waals surface area (Å²) in [5.74, 6) is -1.98. The van der Waals surface area contributed by atoms with E-state index in [1.54, 1.807) is 0 Å². The summed E-state index contributed by atoms with van der Waals surface area (Å²) in [6.45, 7) is 1.95. The molecule has 0 aliphatic heterocycles. The number of nitrogens with one attached hydrogen (secondary N) is 1. The van der Waals surface area contributed by atoms with E-state index in [1.807, 2.05) is 31.2 Å². The van der Waals surface area contributed by atoms with Gasteiger partial charge in [0.05, 0.1) is 11.8 Å². The lowest BCUT2D eigenvalue weighted by Gasteiger charge is -2.27. The van der Waals surface area contributed by atoms with Crippen molar-refractivity contribution in [3.05, 3.63) is 29.8 Å². The van der Waals surface area contributed by atoms with Crippen LogP contribution in [-0.2, 0) is 9.59 Å². The molecule has 102 valence electrons. The molecule has 1 aromatic rings. The normalized spacial score (nSPS) is 22.8. The Morgan fingerprint density at radius 3 is 2.53 bits per heavy atom. The third-order valence-corrected chi connectivity index (χ3v) is 3.71. The van der Waals surface area contributed by atoms with E-state index in [0.717, 1.165) is 24.1 Å². The summed E-state index contributed by atoms with van der Waals surface area (Å²) >= 11 is 0. The number of benzene rings is 1. The van der Waals surface area contributed by atoms with Gasteiger partial charge >= 0.3 is 5.97 Å². The van der Waals surface area contributed by atoms with Crippen molar-refractivity contribution in [2.45, 2.75) is 32.6 Å². The SMILES string of the molecule is Cc1cccc(NC(=O)[C@H]2CCCC[C@H]2C(=O)O)c1. The van der Waals surface area contributed by atoms with Crippen LogP contribution in [0.1, 0.15) is 31.2 Å². The van der Waals surface area contributed by atoms with Gasteiger partial charge in [-0.15, -0.1) is 0 Å². The first-order valence-corrected chi connectivity index (χ1v) is 6.68. The lowest BCUT2D eigenvalue weighted by atomic mass is 9.78. The van der Waals surface area contributed by atoms with Crippen molar-refractivity contribution in [3.8, 4) is 0 Å². The molecule has 0 unspecified atom stereocenters. The van der Waals surface area contributed by atoms with Crippen LogP contribution in [0.5, 0.6) is 0 Å². The predicted molar refractivity (Wildman–Crippen MR) is 72.9 cm³/mol. The van der Waals surface area contributed by atoms with Gasteiger partial charge < -0.3 is 10.4 Å². The van der Waals surface area contributed by atoms with Crippen molar-refractivity contribution in [2.75, 3.05) is 5.32 Å². The summed E-state index contributed by atoms with van der Waals surface area (Å²) in [6, 6.07) is 7.54. The molecule has 0 bridgehead atoms. The predicted octanol–water partition coefficient (Wildman–Crippen LogP) is 2.82. The molecule has 1 aliphatic carbocycles. The Bertz CT molecular complexity index is 484. The van der Waals surface area contributed by atoms with E-state index in [2.05, 4.69) is 5.32 Å². The van der Waals surface area contributed by atoms with E-state index in [-0.39, 0.29) is 5.91 Å². The average molecular weight is 261 g/mol. The molecule has 4 heteroatoms. The largest absolute Gasteiger partial charge is 0.481 e. The second-order valence-electron chi connectivity index (χ2n) is 5.19. The summed E-state index contributed by atoms with van der Waals surface area (Å²) in [7, 11) is 0. The van der Waals surface area contributed by atoms with Crippen molar-refractivity contribution in [2.24, 2.45) is 11.8 Å². The Morgan fingerprint density at radius 2 is 1.89 bits per heavy atom. The summed E-state index contributed by atoms with van der Waals surface area (Å²) in [6.07, 6.45) is 3.08. The van der Waals surface area contributed by atoms with Crippen LogP contribution in [0.4, 0.5) is 5.69 Å². The van der Waals surface area contributed by atoms with Gasteiger partial charge in [-0.3, -0.25) is 9.59 Å². The number of anilines is 1. The zero-order valence-electron chi connectivity index (χ0n) is 11.1. The number of amides is 1. The van der Waals surface area contributed by atoms with E-state index in [1.165, 1.54) is 0 Å². The van der Waals surface area contributed by atoms with Gasteiger partial charge in [0.2, 0.25) is 5.91 Å². The maximum absolute atomic E-state index is 12.2. The van der Waals surface area contributed by atoms with Gasteiger partial charge in [0.25, 0.3) is 0 Å². The molecule has 1 aliphatic rings. The Hall–Kier alpha value is -1.84. The van der Waals surface area contributed by atoms with Crippen LogP contribution < -0.4 is 5.32 Å². The Labute approximate surface area is 112 Å². The molecule has 0 radical (unpaired) electrons. The van der Waals surface area contributed by atoms with Crippen LogP contribution in [0.25, 0.3) is 0 Å². The Morgan fingerprint density at radius 1 is 1.21 bits per heavy atom. The highest BCUT2D eigenvalue weighted by molar-refractivity contribution is 5.95. The molecule has 0 spiro atoms. The fourth-order valence-electron chi connectivity index (χ4n) is 2.70. The fraction of sp³-hybridized carbons (Fsp3) is 0.467. The number of carbonyl (C=O) groups is 2. The number of aliphatic carboxylic acids is 1. The number of carboxylic acids is 1. The molecule has 1 fully saturated rings. The third-order valence-electron chi connectivity index (χ3n) is 3.71. The second-order valence-corrected chi connectivity index (χ2v) is 5.19. The molecule has 2 atom stereocenters. The van der Waals surface area contributed by atoms with Crippen molar-refractivity contribution in [1.29, 1.82) is 0 Å². The molecule has 0 saturated heterocycles. The van der Waals surface area contributed by atoms with Gasteiger partial charge in [-0.25, -0.2) is 0 Å². The highest BCUT2D eigenvalue weighted by Crippen LogP contribution is 2.31. The minimum Gasteiger partial charge on any atom is -0.481 e. The number of carbonyl (C=O) groups excluding carboxylic acids is 1. The Kier molecular flexibility index (Phi) is 4.20. The lowest BCUT2D eigenvalue weighted by molar-refractivity contribution is -0.147. The summed E-state index contributed by atoms with van der Waals surface area (Å²) in [5, 5.41) is 12.0. The number of carboxylic acid groups (broad SMARTS) is 1. The first kappa shape index (κ1) is 13.6.